The molecule has 0 aliphatic heterocycles. The molecule has 0 radical (unpaired) electrons. The third-order valence-corrected chi connectivity index (χ3v) is 5.28. The summed E-state index contributed by atoms with van der Waals surface area (Å²) in [5.74, 6) is -1.13. The summed E-state index contributed by atoms with van der Waals surface area (Å²) in [5, 5.41) is 10.2. The van der Waals surface area contributed by atoms with Crippen LogP contribution in [0.3, 0.4) is 0 Å². The van der Waals surface area contributed by atoms with Gasteiger partial charge in [0.15, 0.2) is 0 Å². The van der Waals surface area contributed by atoms with Gasteiger partial charge in [-0.2, -0.15) is 0 Å². The number of hydrogen-bond acceptors (Lipinski definition) is 3. The molecule has 2 aromatic carbocycles. The molecular weight excluding hydrogens is 379 g/mol. The van der Waals surface area contributed by atoms with E-state index >= 15 is 0 Å². The number of halogens is 2. The van der Waals surface area contributed by atoms with Gasteiger partial charge in [0.25, 0.3) is 0 Å². The summed E-state index contributed by atoms with van der Waals surface area (Å²) in [6.45, 7) is 0. The molecule has 0 atom stereocenters. The van der Waals surface area contributed by atoms with Crippen molar-refractivity contribution in [3.05, 3.63) is 80.6 Å². The molecule has 126 valence electrons. The lowest BCUT2D eigenvalue weighted by molar-refractivity contribution is -0.136. The molecule has 0 saturated carbocycles. The van der Waals surface area contributed by atoms with Crippen molar-refractivity contribution in [1.82, 2.24) is 0 Å². The van der Waals surface area contributed by atoms with Crippen LogP contribution in [0.1, 0.15) is 20.8 Å². The van der Waals surface area contributed by atoms with E-state index in [2.05, 4.69) is 0 Å². The molecular formula is C19H12Cl2O3S. The van der Waals surface area contributed by atoms with E-state index in [1.165, 1.54) is 11.3 Å². The van der Waals surface area contributed by atoms with E-state index in [9.17, 15) is 9.59 Å². The van der Waals surface area contributed by atoms with Crippen molar-refractivity contribution in [2.24, 2.45) is 0 Å². The number of carbonyl (C=O) groups excluding carboxylic acids is 1. The van der Waals surface area contributed by atoms with Crippen LogP contribution in [0, 0.1) is 0 Å². The predicted octanol–water partition coefficient (Wildman–Crippen LogP) is 5.58. The maximum Gasteiger partial charge on any atom is 0.307 e. The zero-order valence-electron chi connectivity index (χ0n) is 12.8. The van der Waals surface area contributed by atoms with E-state index in [-0.39, 0.29) is 12.2 Å². The van der Waals surface area contributed by atoms with Crippen LogP contribution in [0.15, 0.2) is 54.6 Å². The van der Waals surface area contributed by atoms with Crippen LogP contribution in [0.25, 0.3) is 10.4 Å². The third-order valence-electron chi connectivity index (χ3n) is 3.57. The first-order valence-electron chi connectivity index (χ1n) is 7.35. The lowest BCUT2D eigenvalue weighted by Crippen LogP contribution is -2.01. The Hall–Kier alpha value is -2.14. The van der Waals surface area contributed by atoms with Crippen LogP contribution in [0.2, 0.25) is 10.0 Å². The van der Waals surface area contributed by atoms with Crippen molar-refractivity contribution in [2.75, 3.05) is 0 Å². The molecule has 0 aliphatic rings. The van der Waals surface area contributed by atoms with Crippen LogP contribution in [0.5, 0.6) is 0 Å². The van der Waals surface area contributed by atoms with Crippen LogP contribution >= 0.6 is 34.5 Å². The Morgan fingerprint density at radius 2 is 1.68 bits per heavy atom. The Bertz CT molecular complexity index is 946. The fraction of sp³-hybridized carbons (Fsp3) is 0.0526. The highest BCUT2D eigenvalue weighted by Gasteiger charge is 2.19. The number of aliphatic carboxylic acids is 1. The van der Waals surface area contributed by atoms with Gasteiger partial charge in [0.1, 0.15) is 0 Å². The second-order valence-corrected chi connectivity index (χ2v) is 7.31. The van der Waals surface area contributed by atoms with Gasteiger partial charge in [-0.1, -0.05) is 47.5 Å². The zero-order valence-corrected chi connectivity index (χ0v) is 15.2. The molecule has 1 heterocycles. The van der Waals surface area contributed by atoms with Crippen molar-refractivity contribution in [3.63, 3.8) is 0 Å². The fourth-order valence-corrected chi connectivity index (χ4v) is 3.92. The minimum Gasteiger partial charge on any atom is -0.481 e. The molecule has 3 rings (SSSR count). The minimum atomic E-state index is -0.949. The lowest BCUT2D eigenvalue weighted by Gasteiger charge is -2.01. The van der Waals surface area contributed by atoms with Crippen molar-refractivity contribution >= 4 is 46.3 Å². The van der Waals surface area contributed by atoms with Crippen LogP contribution < -0.4 is 0 Å². The Kier molecular flexibility index (Phi) is 5.23. The van der Waals surface area contributed by atoms with Gasteiger partial charge in [-0.3, -0.25) is 9.59 Å². The van der Waals surface area contributed by atoms with E-state index in [0.29, 0.717) is 26.0 Å². The average molecular weight is 391 g/mol. The SMILES string of the molecule is O=C(O)Cc1cc(C(=O)c2cccc(Cl)c2)sc1-c1ccc(Cl)cc1. The lowest BCUT2D eigenvalue weighted by atomic mass is 10.1. The highest BCUT2D eigenvalue weighted by molar-refractivity contribution is 7.17. The van der Waals surface area contributed by atoms with E-state index in [0.717, 1.165) is 10.4 Å². The van der Waals surface area contributed by atoms with E-state index in [4.69, 9.17) is 28.3 Å². The summed E-state index contributed by atoms with van der Waals surface area (Å²) in [4.78, 5) is 25.1. The van der Waals surface area contributed by atoms with Gasteiger partial charge in [-0.05, 0) is 41.5 Å². The zero-order chi connectivity index (χ0) is 18.0. The molecule has 0 aliphatic carbocycles. The number of rotatable bonds is 5. The molecule has 0 bridgehead atoms. The second kappa shape index (κ2) is 7.40. The summed E-state index contributed by atoms with van der Waals surface area (Å²) in [5.41, 5.74) is 1.90. The van der Waals surface area contributed by atoms with Gasteiger partial charge in [0.2, 0.25) is 5.78 Å². The highest BCUT2D eigenvalue weighted by Crippen LogP contribution is 2.35. The maximum absolute atomic E-state index is 12.7. The molecule has 1 N–H and O–H groups in total. The minimum absolute atomic E-state index is 0.155. The number of carboxylic acids is 1. The van der Waals surface area contributed by atoms with Crippen LogP contribution in [-0.2, 0) is 11.2 Å². The van der Waals surface area contributed by atoms with Crippen LogP contribution in [-0.4, -0.2) is 16.9 Å². The van der Waals surface area contributed by atoms with Gasteiger partial charge in [-0.15, -0.1) is 11.3 Å². The first-order chi connectivity index (χ1) is 11.9. The van der Waals surface area contributed by atoms with Crippen molar-refractivity contribution in [2.45, 2.75) is 6.42 Å². The number of thiophene rings is 1. The highest BCUT2D eigenvalue weighted by atomic mass is 35.5. The topological polar surface area (TPSA) is 54.4 Å². The Balaban J connectivity index is 2.05. The molecule has 0 unspecified atom stereocenters. The monoisotopic (exact) mass is 390 g/mol. The molecule has 0 spiro atoms. The normalized spacial score (nSPS) is 10.6. The van der Waals surface area contributed by atoms with E-state index < -0.39 is 5.97 Å². The molecule has 0 saturated heterocycles. The van der Waals surface area contributed by atoms with Gasteiger partial charge in [-0.25, -0.2) is 0 Å². The molecule has 3 aromatic rings. The number of carboxylic acid groups (broad SMARTS) is 1. The number of carbonyl (C=O) groups is 2. The quantitative estimate of drug-likeness (QED) is 0.578. The molecule has 0 amide bonds. The average Bonchev–Trinajstić information content (AvgIpc) is 2.98. The summed E-state index contributed by atoms with van der Waals surface area (Å²) < 4.78 is 0. The Morgan fingerprint density at radius 3 is 2.32 bits per heavy atom. The molecule has 3 nitrogen and oxygen atoms in total. The van der Waals surface area contributed by atoms with Gasteiger partial charge < -0.3 is 5.11 Å². The Morgan fingerprint density at radius 1 is 0.960 bits per heavy atom. The first-order valence-corrected chi connectivity index (χ1v) is 8.92. The molecule has 25 heavy (non-hydrogen) atoms. The number of hydrogen-bond donors (Lipinski definition) is 1. The van der Waals surface area contributed by atoms with E-state index in [1.54, 1.807) is 42.5 Å². The largest absolute Gasteiger partial charge is 0.481 e. The van der Waals surface area contributed by atoms with Gasteiger partial charge >= 0.3 is 5.97 Å². The van der Waals surface area contributed by atoms with Gasteiger partial charge in [0, 0.05) is 20.5 Å². The predicted molar refractivity (Wildman–Crippen MR) is 101 cm³/mol. The summed E-state index contributed by atoms with van der Waals surface area (Å²) in [6, 6.07) is 15.4. The van der Waals surface area contributed by atoms with Crippen molar-refractivity contribution in [1.29, 1.82) is 0 Å². The third kappa shape index (κ3) is 4.10. The Labute approximate surface area is 158 Å². The molecule has 6 heteroatoms. The summed E-state index contributed by atoms with van der Waals surface area (Å²) in [6.07, 6.45) is -0.155. The number of benzene rings is 2. The molecule has 0 fully saturated rings. The maximum atomic E-state index is 12.7. The van der Waals surface area contributed by atoms with Crippen LogP contribution in [0.4, 0.5) is 0 Å². The first kappa shape index (κ1) is 17.7. The molecule has 1 aromatic heterocycles. The number of ketones is 1. The van der Waals surface area contributed by atoms with E-state index in [1.807, 2.05) is 12.1 Å². The van der Waals surface area contributed by atoms with Crippen molar-refractivity contribution < 1.29 is 14.7 Å². The fourth-order valence-electron chi connectivity index (χ4n) is 2.45. The summed E-state index contributed by atoms with van der Waals surface area (Å²) in [7, 11) is 0. The second-order valence-electron chi connectivity index (χ2n) is 5.38. The van der Waals surface area contributed by atoms with Crippen molar-refractivity contribution in [3.8, 4) is 10.4 Å². The summed E-state index contributed by atoms with van der Waals surface area (Å²) >= 11 is 13.1. The standard InChI is InChI=1S/C19H12Cl2O3S/c20-14-6-4-11(5-7-14)19-13(10-17(22)23)9-16(25-19)18(24)12-2-1-3-15(21)8-12/h1-9H,10H2,(H,22,23). The smallest absolute Gasteiger partial charge is 0.307 e. The van der Waals surface area contributed by atoms with Gasteiger partial charge in [0.05, 0.1) is 11.3 Å².